The van der Waals surface area contributed by atoms with Crippen LogP contribution >= 0.6 is 22.9 Å². The first kappa shape index (κ1) is 26.4. The number of carbonyl (C=O) groups excluding carboxylic acids is 1. The Bertz CT molecular complexity index is 1820. The Morgan fingerprint density at radius 1 is 1.05 bits per heavy atom. The smallest absolute Gasteiger partial charge is 0.264 e. The average molecular weight is 589 g/mol. The van der Waals surface area contributed by atoms with Gasteiger partial charge in [-0.3, -0.25) is 19.0 Å². The summed E-state index contributed by atoms with van der Waals surface area (Å²) in [5.41, 5.74) is 4.70. The highest BCUT2D eigenvalue weighted by Gasteiger charge is 2.29. The van der Waals surface area contributed by atoms with Crippen LogP contribution in [-0.4, -0.2) is 30.8 Å². The van der Waals surface area contributed by atoms with E-state index in [2.05, 4.69) is 4.98 Å². The number of sulfonamides is 1. The molecule has 7 nitrogen and oxygen atoms in total. The van der Waals surface area contributed by atoms with Crippen molar-refractivity contribution in [3.8, 4) is 0 Å². The Morgan fingerprint density at radius 3 is 2.58 bits per heavy atom. The number of para-hydroxylation sites is 1. The number of amides is 1. The number of hydrogen-bond acceptors (Lipinski definition) is 6. The zero-order valence-electron chi connectivity index (χ0n) is 21.6. The zero-order chi connectivity index (χ0) is 27.9. The van der Waals surface area contributed by atoms with Crippen LogP contribution in [0.3, 0.4) is 0 Å². The molecule has 0 aliphatic carbocycles. The molecule has 6 rings (SSSR count). The van der Waals surface area contributed by atoms with E-state index in [0.717, 1.165) is 39.7 Å². The van der Waals surface area contributed by atoms with Gasteiger partial charge in [-0.15, -0.1) is 0 Å². The summed E-state index contributed by atoms with van der Waals surface area (Å²) in [7, 11) is -3.79. The number of thiazole rings is 1. The van der Waals surface area contributed by atoms with Crippen molar-refractivity contribution in [2.24, 2.45) is 0 Å². The van der Waals surface area contributed by atoms with Crippen molar-refractivity contribution in [2.75, 3.05) is 15.7 Å². The maximum absolute atomic E-state index is 13.9. The van der Waals surface area contributed by atoms with Crippen molar-refractivity contribution in [3.05, 3.63) is 112 Å². The molecule has 5 aromatic rings. The Balaban J connectivity index is 1.34. The van der Waals surface area contributed by atoms with Crippen LogP contribution in [-0.2, 0) is 23.0 Å². The van der Waals surface area contributed by atoms with Crippen LogP contribution in [0, 0.1) is 6.92 Å². The number of rotatable bonds is 6. The van der Waals surface area contributed by atoms with Gasteiger partial charge >= 0.3 is 0 Å². The second-order valence-electron chi connectivity index (χ2n) is 9.65. The minimum absolute atomic E-state index is 0.145. The fourth-order valence-corrected chi connectivity index (χ4v) is 7.92. The van der Waals surface area contributed by atoms with Gasteiger partial charge in [0.15, 0.2) is 5.13 Å². The minimum Gasteiger partial charge on any atom is -0.279 e. The zero-order valence-corrected chi connectivity index (χ0v) is 24.0. The van der Waals surface area contributed by atoms with Gasteiger partial charge in [0.1, 0.15) is 0 Å². The van der Waals surface area contributed by atoms with E-state index >= 15 is 0 Å². The lowest BCUT2D eigenvalue weighted by atomic mass is 10.0. The summed E-state index contributed by atoms with van der Waals surface area (Å²) < 4.78 is 29.5. The fourth-order valence-electron chi connectivity index (χ4n) is 4.96. The summed E-state index contributed by atoms with van der Waals surface area (Å²) in [6.45, 7) is 2.63. The number of carbonyl (C=O) groups is 1. The normalized spacial score (nSPS) is 13.3. The molecule has 0 saturated carbocycles. The summed E-state index contributed by atoms with van der Waals surface area (Å²) in [6.07, 6.45) is 4.96. The van der Waals surface area contributed by atoms with Crippen molar-refractivity contribution >= 4 is 59.9 Å². The largest absolute Gasteiger partial charge is 0.279 e. The third-order valence-electron chi connectivity index (χ3n) is 6.96. The van der Waals surface area contributed by atoms with Crippen LogP contribution in [0.1, 0.15) is 33.5 Å². The number of aromatic nitrogens is 2. The molecule has 0 fully saturated rings. The molecule has 0 atom stereocenters. The number of aryl methyl sites for hydroxylation is 2. The molecule has 2 aromatic heterocycles. The Morgan fingerprint density at radius 2 is 1.80 bits per heavy atom. The minimum atomic E-state index is -3.79. The van der Waals surface area contributed by atoms with Gasteiger partial charge in [0.2, 0.25) is 0 Å². The number of hydrogen-bond donors (Lipinski definition) is 0. The summed E-state index contributed by atoms with van der Waals surface area (Å²) >= 11 is 7.66. The lowest BCUT2D eigenvalue weighted by molar-refractivity contribution is 0.0985. The summed E-state index contributed by atoms with van der Waals surface area (Å²) in [5.74, 6) is -0.285. The van der Waals surface area contributed by atoms with E-state index in [-0.39, 0.29) is 17.3 Å². The van der Waals surface area contributed by atoms with Crippen LogP contribution in [0.15, 0.2) is 90.1 Å². The average Bonchev–Trinajstić information content (AvgIpc) is 3.40. The van der Waals surface area contributed by atoms with E-state index in [1.54, 1.807) is 29.4 Å². The quantitative estimate of drug-likeness (QED) is 0.222. The van der Waals surface area contributed by atoms with Gasteiger partial charge in [-0.25, -0.2) is 13.4 Å². The molecule has 0 unspecified atom stereocenters. The number of pyridine rings is 1. The number of fused-ring (bicyclic) bond motifs is 2. The molecule has 1 amide bonds. The highest BCUT2D eigenvalue weighted by Crippen LogP contribution is 2.35. The summed E-state index contributed by atoms with van der Waals surface area (Å²) in [4.78, 5) is 24.5. The van der Waals surface area contributed by atoms with Crippen molar-refractivity contribution in [3.63, 3.8) is 0 Å². The maximum Gasteiger partial charge on any atom is 0.264 e. The van der Waals surface area contributed by atoms with E-state index in [1.165, 1.54) is 27.8 Å². The molecule has 0 saturated heterocycles. The predicted molar refractivity (Wildman–Crippen MR) is 160 cm³/mol. The van der Waals surface area contributed by atoms with E-state index in [0.29, 0.717) is 27.9 Å². The summed E-state index contributed by atoms with van der Waals surface area (Å²) in [5, 5.41) is 1.14. The Kier molecular flexibility index (Phi) is 7.04. The van der Waals surface area contributed by atoms with Crippen molar-refractivity contribution in [1.82, 2.24) is 9.97 Å². The molecule has 3 heterocycles. The molecule has 3 aromatic carbocycles. The van der Waals surface area contributed by atoms with E-state index in [4.69, 9.17) is 16.6 Å². The van der Waals surface area contributed by atoms with Crippen LogP contribution < -0.4 is 9.21 Å². The molecule has 0 bridgehead atoms. The van der Waals surface area contributed by atoms with Gasteiger partial charge in [-0.2, -0.15) is 0 Å². The first-order chi connectivity index (χ1) is 19.3. The fraction of sp³-hybridized carbons (Fsp3) is 0.167. The number of nitrogens with zero attached hydrogens (tertiary/aromatic N) is 4. The monoisotopic (exact) mass is 588 g/mol. The third-order valence-corrected chi connectivity index (χ3v) is 10.0. The van der Waals surface area contributed by atoms with E-state index in [9.17, 15) is 13.2 Å². The molecule has 1 aliphatic rings. The maximum atomic E-state index is 13.9. The molecular weight excluding hydrogens is 564 g/mol. The van der Waals surface area contributed by atoms with Crippen molar-refractivity contribution in [2.45, 2.75) is 31.2 Å². The second kappa shape index (κ2) is 10.6. The van der Waals surface area contributed by atoms with Crippen LogP contribution in [0.25, 0.3) is 10.2 Å². The number of halogens is 1. The van der Waals surface area contributed by atoms with Gasteiger partial charge in [-0.1, -0.05) is 41.1 Å². The van der Waals surface area contributed by atoms with Gasteiger partial charge in [0.05, 0.1) is 27.3 Å². The first-order valence-corrected chi connectivity index (χ1v) is 15.4. The lowest BCUT2D eigenvalue weighted by Crippen LogP contribution is -2.35. The van der Waals surface area contributed by atoms with Gasteiger partial charge in [0.25, 0.3) is 15.9 Å². The molecule has 40 heavy (non-hydrogen) atoms. The third kappa shape index (κ3) is 4.96. The predicted octanol–water partition coefficient (Wildman–Crippen LogP) is 6.64. The van der Waals surface area contributed by atoms with Gasteiger partial charge in [-0.05, 0) is 91.1 Å². The molecule has 202 valence electrons. The Labute approximate surface area is 241 Å². The topological polar surface area (TPSA) is 83.5 Å². The number of benzene rings is 3. The highest BCUT2D eigenvalue weighted by atomic mass is 35.5. The van der Waals surface area contributed by atoms with E-state index < -0.39 is 10.0 Å². The lowest BCUT2D eigenvalue weighted by Gasteiger charge is -2.30. The molecule has 0 N–H and O–H groups in total. The van der Waals surface area contributed by atoms with Crippen molar-refractivity contribution in [1.29, 1.82) is 0 Å². The van der Waals surface area contributed by atoms with Gasteiger partial charge in [0, 0.05) is 29.5 Å². The molecule has 0 spiro atoms. The van der Waals surface area contributed by atoms with E-state index in [1.807, 2.05) is 55.5 Å². The van der Waals surface area contributed by atoms with Gasteiger partial charge < -0.3 is 0 Å². The molecule has 0 radical (unpaired) electrons. The van der Waals surface area contributed by atoms with Crippen LogP contribution in [0.4, 0.5) is 10.8 Å². The molecule has 10 heteroatoms. The highest BCUT2D eigenvalue weighted by molar-refractivity contribution is 7.92. The van der Waals surface area contributed by atoms with Crippen LogP contribution in [0.2, 0.25) is 5.02 Å². The van der Waals surface area contributed by atoms with Crippen molar-refractivity contribution < 1.29 is 13.2 Å². The van der Waals surface area contributed by atoms with Crippen LogP contribution in [0.5, 0.6) is 0 Å². The first-order valence-electron chi connectivity index (χ1n) is 12.8. The Hall–Kier alpha value is -3.79. The molecule has 1 aliphatic heterocycles. The molecular formula is C30H25ClN4O3S2. The number of anilines is 2. The standard InChI is InChI=1S/C30H25ClN4O3S2/c1-20-17-24(31)18-27-28(20)33-30(39-27)34(19-21-12-14-32-15-13-21)29(36)23-8-10-25(11-9-23)40(37,38)35-16-4-6-22-5-2-3-7-26(22)35/h2-3,5,7-15,17-18H,4,6,16,19H2,1H3. The SMILES string of the molecule is Cc1cc(Cl)cc2sc(N(Cc3ccncc3)C(=O)c3ccc(S(=O)(=O)N4CCCc5ccccc54)cc3)nc12. The second-order valence-corrected chi connectivity index (χ2v) is 13.0. The summed E-state index contributed by atoms with van der Waals surface area (Å²) in [6, 6.07) is 21.1.